The van der Waals surface area contributed by atoms with Crippen molar-refractivity contribution < 1.29 is 17.6 Å². The molecule has 176 valence electrons. The third-order valence-electron chi connectivity index (χ3n) is 7.83. The number of nitrogens with one attached hydrogen (secondary N) is 1. The number of H-pyrrole nitrogens is 1. The molecule has 6 rings (SSSR count). The summed E-state index contributed by atoms with van der Waals surface area (Å²) in [6, 6.07) is 7.35. The molecule has 0 aliphatic heterocycles. The normalized spacial score (nSPS) is 25.5. The van der Waals surface area contributed by atoms with Crippen molar-refractivity contribution in [2.24, 2.45) is 7.05 Å². The van der Waals surface area contributed by atoms with Crippen molar-refractivity contribution in [1.82, 2.24) is 25.0 Å². The molecule has 3 aliphatic carbocycles. The number of aromatic nitrogens is 5. The van der Waals surface area contributed by atoms with Gasteiger partial charge in [-0.25, -0.2) is 4.39 Å². The van der Waals surface area contributed by atoms with Gasteiger partial charge in [0.15, 0.2) is 5.82 Å². The summed E-state index contributed by atoms with van der Waals surface area (Å²) < 4.78 is 56.8. The third-order valence-corrected chi connectivity index (χ3v) is 7.83. The topological polar surface area (TPSA) is 59.4 Å². The first kappa shape index (κ1) is 22.1. The fourth-order valence-corrected chi connectivity index (χ4v) is 5.77. The van der Waals surface area contributed by atoms with E-state index < -0.39 is 17.4 Å². The molecule has 2 aromatic heterocycles. The Balaban J connectivity index is 1.44. The van der Waals surface area contributed by atoms with Crippen molar-refractivity contribution >= 4 is 0 Å². The number of hydrogen-bond acceptors (Lipinski definition) is 3. The average Bonchev–Trinajstić information content (AvgIpc) is 3.42. The quantitative estimate of drug-likeness (QED) is 0.487. The number of aromatic amines is 1. The minimum absolute atomic E-state index is 0.0439. The summed E-state index contributed by atoms with van der Waals surface area (Å²) in [4.78, 5) is 0. The minimum atomic E-state index is -4.46. The van der Waals surface area contributed by atoms with Crippen LogP contribution in [-0.2, 0) is 29.7 Å². The molecular weight excluding hydrogens is 434 g/mol. The van der Waals surface area contributed by atoms with Crippen LogP contribution in [0.15, 0.2) is 30.3 Å². The van der Waals surface area contributed by atoms with Crippen LogP contribution in [0.5, 0.6) is 0 Å². The first-order valence-corrected chi connectivity index (χ1v) is 11.3. The standard InChI is InChI=1S/C24H27F4N5/c1-21(2,25)17-14-18(30-29-17)22-8-11-23(12-9-22,13-10-22)20-32-31-19(33(20)3)15-6-4-5-7-16(15)24(26,27)28/h4-7,14H,8-13H2,1-3H3,(H,29,30). The van der Waals surface area contributed by atoms with Crippen LogP contribution < -0.4 is 0 Å². The van der Waals surface area contributed by atoms with E-state index in [9.17, 15) is 17.6 Å². The van der Waals surface area contributed by atoms with Crippen LogP contribution in [-0.4, -0.2) is 25.0 Å². The second-order valence-corrected chi connectivity index (χ2v) is 10.1. The molecule has 0 spiro atoms. The minimum Gasteiger partial charge on any atom is -0.314 e. The third kappa shape index (κ3) is 3.47. The van der Waals surface area contributed by atoms with E-state index in [1.54, 1.807) is 17.7 Å². The Morgan fingerprint density at radius 1 is 0.909 bits per heavy atom. The van der Waals surface area contributed by atoms with E-state index in [1.165, 1.54) is 26.0 Å². The molecule has 0 atom stereocenters. The molecule has 3 aliphatic rings. The summed E-state index contributed by atoms with van der Waals surface area (Å²) in [6.45, 7) is 3.00. The van der Waals surface area contributed by atoms with Gasteiger partial charge in [0.05, 0.1) is 11.3 Å². The highest BCUT2D eigenvalue weighted by molar-refractivity contribution is 5.61. The molecule has 2 heterocycles. The Morgan fingerprint density at radius 2 is 1.52 bits per heavy atom. The fourth-order valence-electron chi connectivity index (χ4n) is 5.77. The summed E-state index contributed by atoms with van der Waals surface area (Å²) >= 11 is 0. The van der Waals surface area contributed by atoms with E-state index in [-0.39, 0.29) is 22.2 Å². The van der Waals surface area contributed by atoms with Crippen LogP contribution in [0.1, 0.15) is 75.1 Å². The van der Waals surface area contributed by atoms with Crippen LogP contribution in [0.3, 0.4) is 0 Å². The second kappa shape index (κ2) is 7.14. The maximum absolute atomic E-state index is 14.3. The lowest BCUT2D eigenvalue weighted by molar-refractivity contribution is -0.137. The lowest BCUT2D eigenvalue weighted by atomic mass is 9.52. The van der Waals surface area contributed by atoms with E-state index in [0.717, 1.165) is 56.1 Å². The number of alkyl halides is 4. The van der Waals surface area contributed by atoms with E-state index >= 15 is 0 Å². The van der Waals surface area contributed by atoms with E-state index in [2.05, 4.69) is 20.4 Å². The van der Waals surface area contributed by atoms with Crippen LogP contribution in [0.2, 0.25) is 0 Å². The zero-order valence-electron chi connectivity index (χ0n) is 18.9. The summed E-state index contributed by atoms with van der Waals surface area (Å²) in [7, 11) is 1.76. The number of hydrogen-bond donors (Lipinski definition) is 1. The number of rotatable bonds is 4. The molecular formula is C24H27F4N5. The highest BCUT2D eigenvalue weighted by atomic mass is 19.4. The number of benzene rings is 1. The van der Waals surface area contributed by atoms with E-state index in [1.807, 2.05) is 6.07 Å². The first-order chi connectivity index (χ1) is 15.5. The van der Waals surface area contributed by atoms with E-state index in [0.29, 0.717) is 5.69 Å². The Kier molecular flexibility index (Phi) is 4.78. The van der Waals surface area contributed by atoms with Gasteiger partial charge in [-0.1, -0.05) is 18.2 Å². The van der Waals surface area contributed by atoms with Crippen molar-refractivity contribution in [3.63, 3.8) is 0 Å². The molecule has 1 N–H and O–H groups in total. The van der Waals surface area contributed by atoms with Crippen molar-refractivity contribution in [2.75, 3.05) is 0 Å². The van der Waals surface area contributed by atoms with Crippen molar-refractivity contribution in [2.45, 2.75) is 75.0 Å². The average molecular weight is 462 g/mol. The predicted molar refractivity (Wildman–Crippen MR) is 115 cm³/mol. The summed E-state index contributed by atoms with van der Waals surface area (Å²) in [5.41, 5.74) is -1.05. The van der Waals surface area contributed by atoms with Crippen LogP contribution >= 0.6 is 0 Å². The SMILES string of the molecule is Cn1c(-c2ccccc2C(F)(F)F)nnc1C12CCC(c3cc(C(C)(C)F)n[nH]3)(CC1)CC2. The Bertz CT molecular complexity index is 1160. The van der Waals surface area contributed by atoms with Gasteiger partial charge in [0.1, 0.15) is 11.5 Å². The van der Waals surface area contributed by atoms with Crippen LogP contribution in [0.25, 0.3) is 11.4 Å². The molecule has 0 saturated heterocycles. The zero-order chi connectivity index (χ0) is 23.6. The monoisotopic (exact) mass is 461 g/mol. The molecule has 9 heteroatoms. The van der Waals surface area contributed by atoms with Crippen molar-refractivity contribution in [1.29, 1.82) is 0 Å². The van der Waals surface area contributed by atoms with Gasteiger partial charge >= 0.3 is 6.18 Å². The molecule has 5 nitrogen and oxygen atoms in total. The maximum Gasteiger partial charge on any atom is 0.417 e. The van der Waals surface area contributed by atoms with Crippen LogP contribution in [0, 0.1) is 0 Å². The van der Waals surface area contributed by atoms with Gasteiger partial charge < -0.3 is 4.57 Å². The van der Waals surface area contributed by atoms with Crippen molar-refractivity contribution in [3.8, 4) is 11.4 Å². The zero-order valence-corrected chi connectivity index (χ0v) is 18.9. The second-order valence-electron chi connectivity index (χ2n) is 10.1. The summed E-state index contributed by atoms with van der Waals surface area (Å²) in [5.74, 6) is 0.982. The molecule has 0 unspecified atom stereocenters. The smallest absolute Gasteiger partial charge is 0.314 e. The Morgan fingerprint density at radius 3 is 2.09 bits per heavy atom. The number of fused-ring (bicyclic) bond motifs is 3. The fraction of sp³-hybridized carbons (Fsp3) is 0.542. The maximum atomic E-state index is 14.3. The molecule has 33 heavy (non-hydrogen) atoms. The molecule has 3 fully saturated rings. The number of halogens is 4. The molecule has 0 amide bonds. The largest absolute Gasteiger partial charge is 0.417 e. The lowest BCUT2D eigenvalue weighted by Crippen LogP contribution is -2.47. The lowest BCUT2D eigenvalue weighted by Gasteiger charge is -2.52. The number of nitrogens with zero attached hydrogens (tertiary/aromatic N) is 4. The molecule has 0 radical (unpaired) electrons. The summed E-state index contributed by atoms with van der Waals surface area (Å²) in [6.07, 6.45) is 0.773. The van der Waals surface area contributed by atoms with E-state index in [4.69, 9.17) is 0 Å². The molecule has 3 saturated carbocycles. The van der Waals surface area contributed by atoms with Gasteiger partial charge in [0, 0.05) is 29.1 Å². The molecule has 3 aromatic rings. The molecule has 2 bridgehead atoms. The van der Waals surface area contributed by atoms with Gasteiger partial charge in [0.2, 0.25) is 0 Å². The van der Waals surface area contributed by atoms with Crippen LogP contribution in [0.4, 0.5) is 17.6 Å². The first-order valence-electron chi connectivity index (χ1n) is 11.3. The van der Waals surface area contributed by atoms with Crippen molar-refractivity contribution in [3.05, 3.63) is 53.1 Å². The Labute approximate surface area is 189 Å². The predicted octanol–water partition coefficient (Wildman–Crippen LogP) is 5.97. The van der Waals surface area contributed by atoms with Gasteiger partial charge in [-0.3, -0.25) is 5.10 Å². The highest BCUT2D eigenvalue weighted by Gasteiger charge is 2.53. The van der Waals surface area contributed by atoms with Gasteiger partial charge in [-0.05, 0) is 64.5 Å². The molecule has 1 aromatic carbocycles. The highest BCUT2D eigenvalue weighted by Crippen LogP contribution is 2.58. The van der Waals surface area contributed by atoms with Gasteiger partial charge in [-0.2, -0.15) is 18.3 Å². The van der Waals surface area contributed by atoms with Gasteiger partial charge in [0.25, 0.3) is 0 Å². The van der Waals surface area contributed by atoms with Gasteiger partial charge in [-0.15, -0.1) is 10.2 Å². The summed E-state index contributed by atoms with van der Waals surface area (Å²) in [5, 5.41) is 15.9. The Hall–Kier alpha value is -2.71.